The molecule has 2 nitrogen and oxygen atoms in total. The van der Waals surface area contributed by atoms with E-state index < -0.39 is 11.6 Å². The van der Waals surface area contributed by atoms with Gasteiger partial charge in [0.1, 0.15) is 0 Å². The Hall–Kier alpha value is -2.41. The molecule has 0 N–H and O–H groups in total. The molecule has 0 amide bonds. The lowest BCUT2D eigenvalue weighted by Crippen LogP contribution is -1.92. The van der Waals surface area contributed by atoms with Crippen molar-refractivity contribution in [2.24, 2.45) is 0 Å². The number of halogens is 2. The second-order valence-corrected chi connectivity index (χ2v) is 3.50. The molecule has 2 aromatic carbocycles. The Kier molecular flexibility index (Phi) is 3.54. The Balaban J connectivity index is 2.31. The van der Waals surface area contributed by atoms with E-state index in [4.69, 9.17) is 10.00 Å². The summed E-state index contributed by atoms with van der Waals surface area (Å²) in [5, 5.41) is 8.51. The third-order valence-corrected chi connectivity index (χ3v) is 2.24. The molecule has 0 bridgehead atoms. The molecule has 2 aromatic rings. The SMILES string of the molecule is N#C[CH]c1ccc(F)c(Oc2ccccc2F)c1. The van der Waals surface area contributed by atoms with Crippen LogP contribution in [0, 0.1) is 29.4 Å². The highest BCUT2D eigenvalue weighted by Gasteiger charge is 2.09. The van der Waals surface area contributed by atoms with Crippen LogP contribution in [-0.4, -0.2) is 0 Å². The van der Waals surface area contributed by atoms with Crippen LogP contribution < -0.4 is 4.74 Å². The van der Waals surface area contributed by atoms with E-state index >= 15 is 0 Å². The first-order valence-electron chi connectivity index (χ1n) is 5.15. The van der Waals surface area contributed by atoms with Crippen LogP contribution in [0.1, 0.15) is 5.56 Å². The van der Waals surface area contributed by atoms with Gasteiger partial charge < -0.3 is 4.74 Å². The molecule has 0 aromatic heterocycles. The number of nitriles is 1. The van der Waals surface area contributed by atoms with Gasteiger partial charge >= 0.3 is 0 Å². The van der Waals surface area contributed by atoms with E-state index in [1.807, 2.05) is 6.07 Å². The molecular formula is C14H8F2NO. The summed E-state index contributed by atoms with van der Waals surface area (Å²) < 4.78 is 32.0. The molecule has 0 aliphatic rings. The van der Waals surface area contributed by atoms with Crippen molar-refractivity contribution in [3.63, 3.8) is 0 Å². The van der Waals surface area contributed by atoms with Crippen molar-refractivity contribution in [2.75, 3.05) is 0 Å². The van der Waals surface area contributed by atoms with Gasteiger partial charge in [0.05, 0.1) is 12.5 Å². The summed E-state index contributed by atoms with van der Waals surface area (Å²) in [4.78, 5) is 0. The lowest BCUT2D eigenvalue weighted by Gasteiger charge is -2.08. The highest BCUT2D eigenvalue weighted by molar-refractivity contribution is 5.40. The first-order valence-corrected chi connectivity index (χ1v) is 5.15. The Labute approximate surface area is 103 Å². The average molecular weight is 244 g/mol. The van der Waals surface area contributed by atoms with Crippen molar-refractivity contribution in [2.45, 2.75) is 0 Å². The summed E-state index contributed by atoms with van der Waals surface area (Å²) in [5.41, 5.74) is 0.491. The van der Waals surface area contributed by atoms with Gasteiger partial charge in [-0.05, 0) is 29.8 Å². The predicted molar refractivity (Wildman–Crippen MR) is 61.9 cm³/mol. The summed E-state index contributed by atoms with van der Waals surface area (Å²) >= 11 is 0. The molecule has 0 atom stereocenters. The minimum atomic E-state index is -0.617. The third-order valence-electron chi connectivity index (χ3n) is 2.24. The molecule has 0 saturated carbocycles. The number of hydrogen-bond donors (Lipinski definition) is 0. The van der Waals surface area contributed by atoms with E-state index in [1.54, 1.807) is 6.07 Å². The first-order chi connectivity index (χ1) is 8.70. The zero-order valence-corrected chi connectivity index (χ0v) is 9.23. The molecule has 0 fully saturated rings. The highest BCUT2D eigenvalue weighted by Crippen LogP contribution is 2.27. The van der Waals surface area contributed by atoms with Gasteiger partial charge in [0.2, 0.25) is 0 Å². The van der Waals surface area contributed by atoms with E-state index in [0.717, 1.165) is 0 Å². The summed E-state index contributed by atoms with van der Waals surface area (Å²) in [5.74, 6) is -1.38. The predicted octanol–water partition coefficient (Wildman–Crippen LogP) is 3.83. The third kappa shape index (κ3) is 2.64. The molecule has 1 radical (unpaired) electrons. The fourth-order valence-corrected chi connectivity index (χ4v) is 1.41. The maximum Gasteiger partial charge on any atom is 0.165 e. The number of rotatable bonds is 3. The van der Waals surface area contributed by atoms with E-state index in [2.05, 4.69) is 0 Å². The standard InChI is InChI=1S/C14H8F2NO/c15-11-3-1-2-4-13(11)18-14-9-10(7-8-17)5-6-12(14)16/h1-7,9H. The van der Waals surface area contributed by atoms with Gasteiger partial charge in [0.15, 0.2) is 23.1 Å². The largest absolute Gasteiger partial charge is 0.451 e. The summed E-state index contributed by atoms with van der Waals surface area (Å²) in [6, 6.07) is 11.5. The number of benzene rings is 2. The quantitative estimate of drug-likeness (QED) is 0.821. The van der Waals surface area contributed by atoms with Crippen LogP contribution in [0.15, 0.2) is 42.5 Å². The maximum absolute atomic E-state index is 13.5. The van der Waals surface area contributed by atoms with E-state index in [1.165, 1.54) is 42.8 Å². The molecule has 4 heteroatoms. The Bertz CT molecular complexity index is 605. The fraction of sp³-hybridized carbons (Fsp3) is 0. The summed E-state index contributed by atoms with van der Waals surface area (Å²) in [6.07, 6.45) is 1.24. The second kappa shape index (κ2) is 5.28. The lowest BCUT2D eigenvalue weighted by atomic mass is 10.1. The Morgan fingerprint density at radius 2 is 1.72 bits per heavy atom. The van der Waals surface area contributed by atoms with Gasteiger partial charge in [-0.15, -0.1) is 0 Å². The van der Waals surface area contributed by atoms with Crippen LogP contribution in [0.3, 0.4) is 0 Å². The van der Waals surface area contributed by atoms with E-state index in [-0.39, 0.29) is 11.5 Å². The molecule has 0 saturated heterocycles. The molecule has 0 spiro atoms. The van der Waals surface area contributed by atoms with Crippen molar-refractivity contribution in [1.82, 2.24) is 0 Å². The molecule has 89 valence electrons. The molecule has 18 heavy (non-hydrogen) atoms. The van der Waals surface area contributed by atoms with Crippen LogP contribution in [0.4, 0.5) is 8.78 Å². The smallest absolute Gasteiger partial charge is 0.165 e. The van der Waals surface area contributed by atoms with Gasteiger partial charge in [-0.25, -0.2) is 8.78 Å². The van der Waals surface area contributed by atoms with Gasteiger partial charge in [0, 0.05) is 0 Å². The molecule has 0 aliphatic heterocycles. The lowest BCUT2D eigenvalue weighted by molar-refractivity contribution is 0.414. The van der Waals surface area contributed by atoms with Crippen molar-refractivity contribution < 1.29 is 13.5 Å². The van der Waals surface area contributed by atoms with Gasteiger partial charge in [-0.3, -0.25) is 0 Å². The van der Waals surface area contributed by atoms with Crippen LogP contribution >= 0.6 is 0 Å². The summed E-state index contributed by atoms with van der Waals surface area (Å²) in [6.45, 7) is 0. The Morgan fingerprint density at radius 3 is 2.44 bits per heavy atom. The maximum atomic E-state index is 13.5. The monoisotopic (exact) mass is 244 g/mol. The van der Waals surface area contributed by atoms with Crippen molar-refractivity contribution >= 4 is 0 Å². The first kappa shape index (κ1) is 12.1. The fourth-order valence-electron chi connectivity index (χ4n) is 1.41. The number of nitrogens with zero attached hydrogens (tertiary/aromatic N) is 1. The summed E-state index contributed by atoms with van der Waals surface area (Å²) in [7, 11) is 0. The normalized spacial score (nSPS) is 9.83. The molecular weight excluding hydrogens is 236 g/mol. The molecule has 0 aliphatic carbocycles. The van der Waals surface area contributed by atoms with E-state index in [9.17, 15) is 8.78 Å². The van der Waals surface area contributed by atoms with E-state index in [0.29, 0.717) is 5.56 Å². The number of para-hydroxylation sites is 1. The number of hydrogen-bond acceptors (Lipinski definition) is 2. The minimum Gasteiger partial charge on any atom is -0.451 e. The van der Waals surface area contributed by atoms with Crippen molar-refractivity contribution in [1.29, 1.82) is 5.26 Å². The Morgan fingerprint density at radius 1 is 1.00 bits per heavy atom. The molecule has 0 heterocycles. The molecule has 0 unspecified atom stereocenters. The van der Waals surface area contributed by atoms with Crippen molar-refractivity contribution in [3.05, 3.63) is 66.1 Å². The second-order valence-electron chi connectivity index (χ2n) is 3.50. The highest BCUT2D eigenvalue weighted by atomic mass is 19.1. The molecule has 2 rings (SSSR count). The van der Waals surface area contributed by atoms with Crippen LogP contribution in [0.5, 0.6) is 11.5 Å². The zero-order chi connectivity index (χ0) is 13.0. The van der Waals surface area contributed by atoms with Gasteiger partial charge in [-0.2, -0.15) is 5.26 Å². The van der Waals surface area contributed by atoms with Crippen molar-refractivity contribution in [3.8, 4) is 17.6 Å². The van der Waals surface area contributed by atoms with Crippen LogP contribution in [0.2, 0.25) is 0 Å². The van der Waals surface area contributed by atoms with Crippen LogP contribution in [-0.2, 0) is 0 Å². The van der Waals surface area contributed by atoms with Crippen LogP contribution in [0.25, 0.3) is 0 Å². The average Bonchev–Trinajstić information content (AvgIpc) is 2.36. The minimum absolute atomic E-state index is 0.0643. The van der Waals surface area contributed by atoms with Gasteiger partial charge in [0.25, 0.3) is 0 Å². The van der Waals surface area contributed by atoms with Gasteiger partial charge in [-0.1, -0.05) is 18.2 Å². The topological polar surface area (TPSA) is 33.0 Å². The zero-order valence-electron chi connectivity index (χ0n) is 9.23. The number of ether oxygens (including phenoxy) is 1.